The molecule has 0 unspecified atom stereocenters. The second-order valence-electron chi connectivity index (χ2n) is 7.23. The quantitative estimate of drug-likeness (QED) is 0.376. The molecule has 0 heterocycles. The van der Waals surface area contributed by atoms with E-state index in [2.05, 4.69) is 36.8 Å². The van der Waals surface area contributed by atoms with E-state index in [1.165, 1.54) is 11.1 Å². The van der Waals surface area contributed by atoms with Crippen molar-refractivity contribution in [3.63, 3.8) is 0 Å². The molecule has 156 valence electrons. The average molecular weight is 402 g/mol. The Morgan fingerprint density at radius 1 is 0.733 bits per heavy atom. The predicted octanol–water partition coefficient (Wildman–Crippen LogP) is 7.04. The number of aliphatic hydroxyl groups excluding tert-OH is 1. The minimum absolute atomic E-state index is 0.315. The third-order valence-corrected chi connectivity index (χ3v) is 4.88. The van der Waals surface area contributed by atoms with Gasteiger partial charge in [-0.3, -0.25) is 4.99 Å². The van der Waals surface area contributed by atoms with Crippen molar-refractivity contribution in [2.75, 3.05) is 14.2 Å². The minimum Gasteiger partial charge on any atom is -0.512 e. The molecule has 0 bridgehead atoms. The molecule has 30 heavy (non-hydrogen) atoms. The van der Waals surface area contributed by atoms with Crippen molar-refractivity contribution in [1.29, 1.82) is 0 Å². The Hall–Kier alpha value is -3.17. The minimum atomic E-state index is 0.315. The van der Waals surface area contributed by atoms with Gasteiger partial charge in [0, 0.05) is 25.5 Å². The zero-order chi connectivity index (χ0) is 22.1. The summed E-state index contributed by atoms with van der Waals surface area (Å²) in [5.41, 5.74) is 8.35. The highest BCUT2D eigenvalue weighted by Crippen LogP contribution is 2.27. The van der Waals surface area contributed by atoms with Gasteiger partial charge in [-0.1, -0.05) is 66.7 Å². The van der Waals surface area contributed by atoms with Crippen LogP contribution >= 0.6 is 0 Å². The number of methoxy groups -OCH3 is 1. The maximum absolute atomic E-state index is 10.2. The van der Waals surface area contributed by atoms with E-state index in [4.69, 9.17) is 4.99 Å². The summed E-state index contributed by atoms with van der Waals surface area (Å²) in [5, 5.41) is 10.2. The van der Waals surface area contributed by atoms with Crippen LogP contribution in [0.25, 0.3) is 5.57 Å². The Kier molecular flexibility index (Phi) is 8.57. The Bertz CT molecular complexity index is 1010. The van der Waals surface area contributed by atoms with E-state index < -0.39 is 0 Å². The predicted molar refractivity (Wildman–Crippen MR) is 128 cm³/mol. The van der Waals surface area contributed by atoms with Crippen LogP contribution in [-0.2, 0) is 4.74 Å². The smallest absolute Gasteiger partial charge is 0.0975 e. The Labute approximate surface area is 180 Å². The van der Waals surface area contributed by atoms with Crippen molar-refractivity contribution in [2.24, 2.45) is 4.99 Å². The molecule has 0 aliphatic heterocycles. The lowest BCUT2D eigenvalue weighted by Crippen LogP contribution is -1.97. The number of benzene rings is 3. The Morgan fingerprint density at radius 3 is 1.83 bits per heavy atom. The first-order valence-corrected chi connectivity index (χ1v) is 9.96. The summed E-state index contributed by atoms with van der Waals surface area (Å²) in [6, 6.07) is 24.4. The fraction of sp³-hybridized carbons (Fsp3) is 0.222. The first kappa shape index (κ1) is 23.1. The number of hydrogen-bond acceptors (Lipinski definition) is 3. The lowest BCUT2D eigenvalue weighted by Gasteiger charge is -2.11. The standard InChI is InChI=1S/C25H25NO.C2H6O/c1-17-9-8-12-24(18(17)2)26-19(3)21-13-15-23(16-14-21)25(20(4)27)22-10-6-5-7-11-22;1-3-2/h5-16,27H,1-4H3;1-2H3/b25-20-,26-19?;. The molecule has 0 saturated carbocycles. The van der Waals surface area contributed by atoms with E-state index in [-0.39, 0.29) is 0 Å². The van der Waals surface area contributed by atoms with E-state index in [1.807, 2.05) is 61.5 Å². The van der Waals surface area contributed by atoms with Gasteiger partial charge >= 0.3 is 0 Å². The van der Waals surface area contributed by atoms with Crippen LogP contribution in [0.4, 0.5) is 5.69 Å². The number of ether oxygens (including phenoxy) is 1. The molecule has 0 saturated heterocycles. The van der Waals surface area contributed by atoms with Gasteiger partial charge in [0.25, 0.3) is 0 Å². The third-order valence-electron chi connectivity index (χ3n) is 4.88. The summed E-state index contributed by atoms with van der Waals surface area (Å²) in [6.45, 7) is 7.96. The van der Waals surface area contributed by atoms with E-state index in [0.29, 0.717) is 5.76 Å². The number of allylic oxidation sites excluding steroid dienone is 1. The molecule has 3 nitrogen and oxygen atoms in total. The van der Waals surface area contributed by atoms with E-state index in [0.717, 1.165) is 33.7 Å². The van der Waals surface area contributed by atoms with Gasteiger partial charge in [0.15, 0.2) is 0 Å². The summed E-state index contributed by atoms with van der Waals surface area (Å²) < 4.78 is 4.25. The lowest BCUT2D eigenvalue weighted by atomic mass is 9.95. The Morgan fingerprint density at radius 2 is 1.27 bits per heavy atom. The monoisotopic (exact) mass is 401 g/mol. The van der Waals surface area contributed by atoms with Gasteiger partial charge in [-0.2, -0.15) is 0 Å². The van der Waals surface area contributed by atoms with Crippen LogP contribution < -0.4 is 0 Å². The molecule has 3 heteroatoms. The highest BCUT2D eigenvalue weighted by molar-refractivity contribution is 6.00. The SMILES string of the molecule is CC(=Nc1cccc(C)c1C)c1ccc(/C(=C(/C)O)c2ccccc2)cc1.COC. The molecular formula is C27H31NO2. The zero-order valence-electron chi connectivity index (χ0n) is 18.7. The molecule has 0 aliphatic carbocycles. The van der Waals surface area contributed by atoms with Gasteiger partial charge in [-0.15, -0.1) is 0 Å². The first-order valence-electron chi connectivity index (χ1n) is 9.96. The van der Waals surface area contributed by atoms with Gasteiger partial charge < -0.3 is 9.84 Å². The van der Waals surface area contributed by atoms with E-state index >= 15 is 0 Å². The van der Waals surface area contributed by atoms with Gasteiger partial charge in [0.05, 0.1) is 11.4 Å². The Balaban J connectivity index is 0.00000101. The normalized spacial score (nSPS) is 12.0. The molecule has 3 rings (SSSR count). The van der Waals surface area contributed by atoms with Crippen LogP contribution in [0.1, 0.15) is 41.7 Å². The molecule has 0 atom stereocenters. The lowest BCUT2D eigenvalue weighted by molar-refractivity contribution is 0.277. The maximum Gasteiger partial charge on any atom is 0.0975 e. The molecule has 0 radical (unpaired) electrons. The highest BCUT2D eigenvalue weighted by Gasteiger charge is 2.09. The number of rotatable bonds is 4. The number of hydrogen-bond donors (Lipinski definition) is 1. The fourth-order valence-corrected chi connectivity index (χ4v) is 3.17. The summed E-state index contributed by atoms with van der Waals surface area (Å²) >= 11 is 0. The summed E-state index contributed by atoms with van der Waals surface area (Å²) in [6.07, 6.45) is 0. The van der Waals surface area contributed by atoms with Crippen LogP contribution in [0, 0.1) is 13.8 Å². The van der Waals surface area contributed by atoms with Crippen LogP contribution in [0.5, 0.6) is 0 Å². The van der Waals surface area contributed by atoms with Crippen LogP contribution in [-0.4, -0.2) is 25.0 Å². The molecule has 0 spiro atoms. The first-order chi connectivity index (χ1) is 14.4. The summed E-state index contributed by atoms with van der Waals surface area (Å²) in [4.78, 5) is 4.81. The largest absolute Gasteiger partial charge is 0.512 e. The molecule has 0 aromatic heterocycles. The topological polar surface area (TPSA) is 41.8 Å². The second kappa shape index (κ2) is 11.1. The number of aliphatic imine (C=N–C) groups is 1. The highest BCUT2D eigenvalue weighted by atomic mass is 16.4. The van der Waals surface area contributed by atoms with Crippen molar-refractivity contribution in [2.45, 2.75) is 27.7 Å². The maximum atomic E-state index is 10.2. The van der Waals surface area contributed by atoms with Crippen molar-refractivity contribution in [3.05, 3.63) is 106 Å². The number of aliphatic hydroxyl groups is 1. The van der Waals surface area contributed by atoms with Crippen LogP contribution in [0.15, 0.2) is 83.5 Å². The van der Waals surface area contributed by atoms with Gasteiger partial charge in [-0.05, 0) is 61.6 Å². The summed E-state index contributed by atoms with van der Waals surface area (Å²) in [7, 11) is 3.25. The molecule has 3 aromatic rings. The molecule has 0 fully saturated rings. The molecule has 0 amide bonds. The molecular weight excluding hydrogens is 370 g/mol. The van der Waals surface area contributed by atoms with Crippen LogP contribution in [0.2, 0.25) is 0 Å². The molecule has 3 aromatic carbocycles. The van der Waals surface area contributed by atoms with E-state index in [9.17, 15) is 5.11 Å². The molecule has 0 aliphatic rings. The van der Waals surface area contributed by atoms with Crippen molar-refractivity contribution >= 4 is 17.0 Å². The fourth-order valence-electron chi connectivity index (χ4n) is 3.17. The number of nitrogens with zero attached hydrogens (tertiary/aromatic N) is 1. The second-order valence-corrected chi connectivity index (χ2v) is 7.23. The third kappa shape index (κ3) is 5.91. The average Bonchev–Trinajstić information content (AvgIpc) is 2.73. The van der Waals surface area contributed by atoms with Gasteiger partial charge in [0.1, 0.15) is 0 Å². The van der Waals surface area contributed by atoms with Crippen molar-refractivity contribution in [3.8, 4) is 0 Å². The van der Waals surface area contributed by atoms with Crippen molar-refractivity contribution < 1.29 is 9.84 Å². The number of aryl methyl sites for hydroxylation is 1. The van der Waals surface area contributed by atoms with Crippen molar-refractivity contribution in [1.82, 2.24) is 0 Å². The molecule has 1 N–H and O–H groups in total. The van der Waals surface area contributed by atoms with Gasteiger partial charge in [0.2, 0.25) is 0 Å². The van der Waals surface area contributed by atoms with Crippen LogP contribution in [0.3, 0.4) is 0 Å². The van der Waals surface area contributed by atoms with E-state index in [1.54, 1.807) is 21.1 Å². The van der Waals surface area contributed by atoms with Gasteiger partial charge in [-0.25, -0.2) is 0 Å². The zero-order valence-corrected chi connectivity index (χ0v) is 18.7. The summed E-state index contributed by atoms with van der Waals surface area (Å²) in [5.74, 6) is 0.315.